The Kier molecular flexibility index (Phi) is 9.07. The number of piperazine rings is 1. The summed E-state index contributed by atoms with van der Waals surface area (Å²) in [6, 6.07) is 32.9. The standard InChI is InChI=1S/C37H35ClN6/c38-36-10-3-9-32(30-7-1-5-27(19-30)22-40)35(36)25-43-17-15-42(16-18-43)24-29-11-12-37-33(21-29)34(26-44(37)14-4-13-39)31-8-2-6-28(20-31)23-41/h1-3,5-12,19-21,26H,4,13-18,24-25,39H2. The highest BCUT2D eigenvalue weighted by atomic mass is 35.5. The molecule has 0 spiro atoms. The molecule has 2 heterocycles. The van der Waals surface area contributed by atoms with E-state index in [1.807, 2.05) is 54.6 Å². The fourth-order valence-corrected chi connectivity index (χ4v) is 6.44. The lowest BCUT2D eigenvalue weighted by molar-refractivity contribution is 0.122. The van der Waals surface area contributed by atoms with Gasteiger partial charge in [-0.05, 0) is 83.2 Å². The minimum Gasteiger partial charge on any atom is -0.347 e. The van der Waals surface area contributed by atoms with Crippen LogP contribution in [0.4, 0.5) is 0 Å². The van der Waals surface area contributed by atoms with Gasteiger partial charge in [0.05, 0.1) is 23.3 Å². The molecule has 0 aliphatic carbocycles. The fraction of sp³-hybridized carbons (Fsp3) is 0.243. The van der Waals surface area contributed by atoms with Crippen molar-refractivity contribution in [1.29, 1.82) is 10.5 Å². The summed E-state index contributed by atoms with van der Waals surface area (Å²) in [6.07, 6.45) is 3.12. The van der Waals surface area contributed by atoms with E-state index >= 15 is 0 Å². The largest absolute Gasteiger partial charge is 0.347 e. The Hall–Kier alpha value is -4.43. The molecule has 0 atom stereocenters. The number of fused-ring (bicyclic) bond motifs is 1. The molecule has 0 amide bonds. The summed E-state index contributed by atoms with van der Waals surface area (Å²) < 4.78 is 2.29. The molecule has 1 fully saturated rings. The van der Waals surface area contributed by atoms with Gasteiger partial charge in [0, 0.05) is 73.5 Å². The average molecular weight is 599 g/mol. The van der Waals surface area contributed by atoms with Crippen molar-refractivity contribution >= 4 is 22.5 Å². The zero-order valence-electron chi connectivity index (χ0n) is 24.7. The van der Waals surface area contributed by atoms with Crippen LogP contribution in [0.5, 0.6) is 0 Å². The van der Waals surface area contributed by atoms with E-state index in [1.54, 1.807) is 0 Å². The van der Waals surface area contributed by atoms with Gasteiger partial charge in [0.15, 0.2) is 0 Å². The zero-order valence-corrected chi connectivity index (χ0v) is 25.5. The number of nitrogens with zero attached hydrogens (tertiary/aromatic N) is 5. The van der Waals surface area contributed by atoms with Gasteiger partial charge < -0.3 is 10.3 Å². The molecule has 0 unspecified atom stereocenters. The quantitative estimate of drug-likeness (QED) is 0.197. The summed E-state index contributed by atoms with van der Waals surface area (Å²) in [6.45, 7) is 7.01. The average Bonchev–Trinajstić information content (AvgIpc) is 3.43. The maximum atomic E-state index is 9.47. The predicted octanol–water partition coefficient (Wildman–Crippen LogP) is 7.04. The first-order valence-electron chi connectivity index (χ1n) is 15.1. The van der Waals surface area contributed by atoms with E-state index in [1.165, 1.54) is 16.5 Å². The summed E-state index contributed by atoms with van der Waals surface area (Å²) in [5.74, 6) is 0. The number of nitriles is 2. The van der Waals surface area contributed by atoms with Gasteiger partial charge >= 0.3 is 0 Å². The topological polar surface area (TPSA) is 85.0 Å². The zero-order chi connectivity index (χ0) is 30.5. The lowest BCUT2D eigenvalue weighted by Crippen LogP contribution is -2.45. The molecule has 6 nitrogen and oxygen atoms in total. The van der Waals surface area contributed by atoms with Gasteiger partial charge in [-0.2, -0.15) is 10.5 Å². The van der Waals surface area contributed by atoms with Gasteiger partial charge in [-0.15, -0.1) is 0 Å². The van der Waals surface area contributed by atoms with Crippen LogP contribution < -0.4 is 5.73 Å². The van der Waals surface area contributed by atoms with Crippen molar-refractivity contribution in [2.75, 3.05) is 32.7 Å². The number of hydrogen-bond acceptors (Lipinski definition) is 5. The Morgan fingerprint density at radius 3 is 2.02 bits per heavy atom. The summed E-state index contributed by atoms with van der Waals surface area (Å²) in [5.41, 5.74) is 15.0. The highest BCUT2D eigenvalue weighted by Gasteiger charge is 2.21. The molecular formula is C37H35ClN6. The molecule has 220 valence electrons. The van der Waals surface area contributed by atoms with Gasteiger partial charge in [-0.3, -0.25) is 9.80 Å². The number of rotatable bonds is 9. The second-order valence-corrected chi connectivity index (χ2v) is 11.8. The van der Waals surface area contributed by atoms with Crippen LogP contribution in [0.3, 0.4) is 0 Å². The van der Waals surface area contributed by atoms with Crippen molar-refractivity contribution in [1.82, 2.24) is 14.4 Å². The molecule has 0 radical (unpaired) electrons. The normalized spacial score (nSPS) is 14.0. The Morgan fingerprint density at radius 2 is 1.36 bits per heavy atom. The molecule has 1 aliphatic heterocycles. The molecule has 0 bridgehead atoms. The molecular weight excluding hydrogens is 564 g/mol. The molecule has 5 aromatic rings. The van der Waals surface area contributed by atoms with E-state index in [4.69, 9.17) is 17.3 Å². The number of aryl methyl sites for hydroxylation is 1. The monoisotopic (exact) mass is 598 g/mol. The third-order valence-corrected chi connectivity index (χ3v) is 8.88. The van der Waals surface area contributed by atoms with Crippen molar-refractivity contribution in [3.05, 3.63) is 118 Å². The summed E-state index contributed by atoms with van der Waals surface area (Å²) in [4.78, 5) is 4.99. The highest BCUT2D eigenvalue weighted by molar-refractivity contribution is 6.31. The highest BCUT2D eigenvalue weighted by Crippen LogP contribution is 2.34. The number of hydrogen-bond donors (Lipinski definition) is 1. The van der Waals surface area contributed by atoms with E-state index in [0.29, 0.717) is 17.7 Å². The Morgan fingerprint density at radius 1 is 0.727 bits per heavy atom. The van der Waals surface area contributed by atoms with Crippen LogP contribution in [0, 0.1) is 22.7 Å². The molecule has 44 heavy (non-hydrogen) atoms. The van der Waals surface area contributed by atoms with Gasteiger partial charge in [0.25, 0.3) is 0 Å². The summed E-state index contributed by atoms with van der Waals surface area (Å²) >= 11 is 6.73. The van der Waals surface area contributed by atoms with E-state index in [0.717, 1.165) is 85.1 Å². The smallest absolute Gasteiger partial charge is 0.0991 e. The van der Waals surface area contributed by atoms with E-state index in [2.05, 4.69) is 63.0 Å². The van der Waals surface area contributed by atoms with Crippen LogP contribution in [-0.2, 0) is 19.6 Å². The van der Waals surface area contributed by atoms with Gasteiger partial charge in [-0.25, -0.2) is 0 Å². The van der Waals surface area contributed by atoms with E-state index in [-0.39, 0.29) is 0 Å². The molecule has 1 aromatic heterocycles. The van der Waals surface area contributed by atoms with E-state index < -0.39 is 0 Å². The van der Waals surface area contributed by atoms with Gasteiger partial charge in [0.1, 0.15) is 0 Å². The second kappa shape index (κ2) is 13.5. The summed E-state index contributed by atoms with van der Waals surface area (Å²) in [5, 5.41) is 20.8. The third-order valence-electron chi connectivity index (χ3n) is 8.53. The van der Waals surface area contributed by atoms with Crippen molar-refractivity contribution in [2.24, 2.45) is 5.73 Å². The Balaban J connectivity index is 1.18. The SMILES string of the molecule is N#Cc1cccc(-c2cccc(Cl)c2CN2CCN(Cc3ccc4c(c3)c(-c3cccc(C#N)c3)cn4CCCN)CC2)c1. The Bertz CT molecular complexity index is 1870. The van der Waals surface area contributed by atoms with Gasteiger partial charge in [-0.1, -0.05) is 54.1 Å². The maximum absolute atomic E-state index is 9.47. The molecule has 7 heteroatoms. The van der Waals surface area contributed by atoms with Crippen molar-refractivity contribution in [2.45, 2.75) is 26.1 Å². The van der Waals surface area contributed by atoms with Crippen LogP contribution in [0.25, 0.3) is 33.2 Å². The second-order valence-electron chi connectivity index (χ2n) is 11.4. The number of benzene rings is 4. The number of nitrogens with two attached hydrogens (primary N) is 1. The molecule has 1 aliphatic rings. The maximum Gasteiger partial charge on any atom is 0.0991 e. The minimum absolute atomic E-state index is 0.648. The van der Waals surface area contributed by atoms with Crippen LogP contribution in [0.15, 0.2) is 91.1 Å². The number of aromatic nitrogens is 1. The molecule has 4 aromatic carbocycles. The van der Waals surface area contributed by atoms with Crippen LogP contribution in [-0.4, -0.2) is 47.1 Å². The predicted molar refractivity (Wildman–Crippen MR) is 178 cm³/mol. The van der Waals surface area contributed by atoms with Crippen molar-refractivity contribution in [3.8, 4) is 34.4 Å². The van der Waals surface area contributed by atoms with E-state index in [9.17, 15) is 10.5 Å². The molecule has 0 saturated carbocycles. The Labute approximate surface area is 264 Å². The lowest BCUT2D eigenvalue weighted by Gasteiger charge is -2.35. The van der Waals surface area contributed by atoms with Crippen LogP contribution in [0.1, 0.15) is 28.7 Å². The minimum atomic E-state index is 0.648. The first-order chi connectivity index (χ1) is 21.6. The number of halogens is 1. The van der Waals surface area contributed by atoms with Gasteiger partial charge in [0.2, 0.25) is 0 Å². The lowest BCUT2D eigenvalue weighted by atomic mass is 9.97. The van der Waals surface area contributed by atoms with Crippen molar-refractivity contribution < 1.29 is 0 Å². The van der Waals surface area contributed by atoms with Crippen LogP contribution >= 0.6 is 11.6 Å². The molecule has 2 N–H and O–H groups in total. The fourth-order valence-electron chi connectivity index (χ4n) is 6.21. The third kappa shape index (κ3) is 6.40. The molecule has 1 saturated heterocycles. The first kappa shape index (κ1) is 29.6. The van der Waals surface area contributed by atoms with Crippen molar-refractivity contribution in [3.63, 3.8) is 0 Å². The first-order valence-corrected chi connectivity index (χ1v) is 15.5. The molecule has 6 rings (SSSR count). The summed E-state index contributed by atoms with van der Waals surface area (Å²) in [7, 11) is 0. The van der Waals surface area contributed by atoms with Crippen LogP contribution in [0.2, 0.25) is 5.02 Å².